The van der Waals surface area contributed by atoms with Crippen LogP contribution in [0.4, 0.5) is 8.78 Å². The van der Waals surface area contributed by atoms with Gasteiger partial charge in [-0.05, 0) is 18.2 Å². The predicted molar refractivity (Wildman–Crippen MR) is 63.2 cm³/mol. The Labute approximate surface area is 104 Å². The number of hydrogen-bond acceptors (Lipinski definition) is 2. The van der Waals surface area contributed by atoms with Crippen LogP contribution >= 0.6 is 0 Å². The first-order valence-corrected chi connectivity index (χ1v) is 5.46. The number of carbonyl (C=O) groups is 1. The molecule has 0 aliphatic carbocycles. The van der Waals surface area contributed by atoms with Gasteiger partial charge >= 0.3 is 5.97 Å². The lowest BCUT2D eigenvalue weighted by molar-refractivity contribution is -0.138. The largest absolute Gasteiger partial charge is 0.496 e. The first kappa shape index (κ1) is 14.4. The lowest BCUT2D eigenvalue weighted by atomic mass is 9.80. The Morgan fingerprint density at radius 2 is 2.06 bits per heavy atom. The fourth-order valence-corrected chi connectivity index (χ4v) is 1.86. The molecule has 0 aromatic heterocycles. The van der Waals surface area contributed by atoms with E-state index in [-0.39, 0.29) is 12.0 Å². The highest BCUT2D eigenvalue weighted by Gasteiger charge is 2.28. The summed E-state index contributed by atoms with van der Waals surface area (Å²) in [7, 11) is 1.43. The Morgan fingerprint density at radius 3 is 2.50 bits per heavy atom. The van der Waals surface area contributed by atoms with E-state index >= 15 is 0 Å². The number of methoxy groups -OCH3 is 1. The maximum atomic E-state index is 12.7. The fraction of sp³-hybridized carbons (Fsp3) is 0.462. The molecule has 100 valence electrons. The molecule has 1 aromatic rings. The minimum atomic E-state index is -2.59. The zero-order valence-corrected chi connectivity index (χ0v) is 10.5. The van der Waals surface area contributed by atoms with Crippen LogP contribution < -0.4 is 4.74 Å². The van der Waals surface area contributed by atoms with Crippen LogP contribution in [-0.2, 0) is 10.2 Å². The van der Waals surface area contributed by atoms with Gasteiger partial charge < -0.3 is 9.84 Å². The third-order valence-corrected chi connectivity index (χ3v) is 2.80. The smallest absolute Gasteiger partial charge is 0.304 e. The number of benzene rings is 1. The summed E-state index contributed by atoms with van der Waals surface area (Å²) in [6.07, 6.45) is -2.74. The molecule has 1 N–H and O–H groups in total. The Bertz CT molecular complexity index is 442. The lowest BCUT2D eigenvalue weighted by Gasteiger charge is -2.26. The quantitative estimate of drug-likeness (QED) is 0.880. The molecule has 0 radical (unpaired) electrons. The van der Waals surface area contributed by atoms with Gasteiger partial charge in [0.25, 0.3) is 6.43 Å². The lowest BCUT2D eigenvalue weighted by Crippen LogP contribution is -2.22. The molecular formula is C13H16F2O3. The van der Waals surface area contributed by atoms with Crippen LogP contribution in [0.25, 0.3) is 0 Å². The molecule has 0 saturated heterocycles. The zero-order chi connectivity index (χ0) is 13.9. The number of aliphatic carboxylic acids is 1. The zero-order valence-electron chi connectivity index (χ0n) is 10.5. The second-order valence-corrected chi connectivity index (χ2v) is 4.71. The Hall–Kier alpha value is -1.65. The SMILES string of the molecule is COc1ccc(C(F)F)cc1C(C)(C)CC(=O)O. The molecule has 1 aromatic carbocycles. The highest BCUT2D eigenvalue weighted by Crippen LogP contribution is 2.36. The normalized spacial score (nSPS) is 11.7. The highest BCUT2D eigenvalue weighted by atomic mass is 19.3. The van der Waals surface area contributed by atoms with Crippen LogP contribution in [0.5, 0.6) is 5.75 Å². The van der Waals surface area contributed by atoms with Crippen LogP contribution in [0.2, 0.25) is 0 Å². The van der Waals surface area contributed by atoms with Crippen LogP contribution in [-0.4, -0.2) is 18.2 Å². The summed E-state index contributed by atoms with van der Waals surface area (Å²) in [5.74, 6) is -0.560. The molecule has 3 nitrogen and oxygen atoms in total. The van der Waals surface area contributed by atoms with E-state index < -0.39 is 17.8 Å². The van der Waals surface area contributed by atoms with Crippen LogP contribution in [0.1, 0.15) is 37.8 Å². The van der Waals surface area contributed by atoms with E-state index in [1.807, 2.05) is 0 Å². The highest BCUT2D eigenvalue weighted by molar-refractivity contribution is 5.69. The second-order valence-electron chi connectivity index (χ2n) is 4.71. The third-order valence-electron chi connectivity index (χ3n) is 2.80. The molecule has 0 saturated carbocycles. The number of carboxylic acids is 1. The average Bonchev–Trinajstić information content (AvgIpc) is 2.26. The van der Waals surface area contributed by atoms with Crippen LogP contribution in [0.15, 0.2) is 18.2 Å². The molecule has 0 spiro atoms. The predicted octanol–water partition coefficient (Wildman–Crippen LogP) is 3.39. The van der Waals surface area contributed by atoms with Gasteiger partial charge in [-0.3, -0.25) is 4.79 Å². The monoisotopic (exact) mass is 258 g/mol. The van der Waals surface area contributed by atoms with Crippen molar-refractivity contribution in [2.24, 2.45) is 0 Å². The van der Waals surface area contributed by atoms with E-state index in [9.17, 15) is 13.6 Å². The molecule has 0 aliphatic heterocycles. The summed E-state index contributed by atoms with van der Waals surface area (Å²) in [6.45, 7) is 3.38. The van der Waals surface area contributed by atoms with E-state index in [0.29, 0.717) is 11.3 Å². The summed E-state index contributed by atoms with van der Waals surface area (Å²) in [6, 6.07) is 4.04. The van der Waals surface area contributed by atoms with Crippen molar-refractivity contribution in [3.8, 4) is 5.75 Å². The molecule has 0 unspecified atom stereocenters. The van der Waals surface area contributed by atoms with Gasteiger partial charge in [0.2, 0.25) is 0 Å². The van der Waals surface area contributed by atoms with Crippen molar-refractivity contribution >= 4 is 5.97 Å². The fourth-order valence-electron chi connectivity index (χ4n) is 1.86. The standard InChI is InChI=1S/C13H16F2O3/c1-13(2,7-11(16)17)9-6-8(12(14)15)4-5-10(9)18-3/h4-6,12H,7H2,1-3H3,(H,16,17). The van der Waals surface area contributed by atoms with Crippen molar-refractivity contribution in [3.63, 3.8) is 0 Å². The van der Waals surface area contributed by atoms with Gasteiger partial charge in [0.05, 0.1) is 13.5 Å². The maximum absolute atomic E-state index is 12.7. The molecule has 1 rings (SSSR count). The van der Waals surface area contributed by atoms with Gasteiger partial charge in [-0.15, -0.1) is 0 Å². The Balaban J connectivity index is 3.26. The van der Waals surface area contributed by atoms with Gasteiger partial charge in [-0.25, -0.2) is 8.78 Å². The van der Waals surface area contributed by atoms with E-state index in [0.717, 1.165) is 0 Å². The van der Waals surface area contributed by atoms with E-state index in [2.05, 4.69) is 0 Å². The van der Waals surface area contributed by atoms with Crippen molar-refractivity contribution < 1.29 is 23.4 Å². The molecule has 0 heterocycles. The summed E-state index contributed by atoms with van der Waals surface area (Å²) in [5, 5.41) is 8.86. The molecule has 0 amide bonds. The van der Waals surface area contributed by atoms with E-state index in [4.69, 9.17) is 9.84 Å². The molecule has 0 atom stereocenters. The van der Waals surface area contributed by atoms with Crippen molar-refractivity contribution in [1.29, 1.82) is 0 Å². The minimum absolute atomic E-state index is 0.135. The van der Waals surface area contributed by atoms with Crippen molar-refractivity contribution in [1.82, 2.24) is 0 Å². The molecule has 18 heavy (non-hydrogen) atoms. The number of hydrogen-bond donors (Lipinski definition) is 1. The van der Waals surface area contributed by atoms with Crippen molar-refractivity contribution in [2.45, 2.75) is 32.1 Å². The maximum Gasteiger partial charge on any atom is 0.304 e. The third kappa shape index (κ3) is 3.18. The van der Waals surface area contributed by atoms with Gasteiger partial charge in [0, 0.05) is 16.5 Å². The van der Waals surface area contributed by atoms with Gasteiger partial charge in [-0.1, -0.05) is 13.8 Å². The number of rotatable bonds is 5. The van der Waals surface area contributed by atoms with E-state index in [1.54, 1.807) is 13.8 Å². The minimum Gasteiger partial charge on any atom is -0.496 e. The molecule has 0 fully saturated rings. The first-order valence-electron chi connectivity index (χ1n) is 5.46. The summed E-state index contributed by atoms with van der Waals surface area (Å²) < 4.78 is 30.5. The number of alkyl halides is 2. The van der Waals surface area contributed by atoms with Crippen LogP contribution in [0.3, 0.4) is 0 Å². The Morgan fingerprint density at radius 1 is 1.44 bits per heavy atom. The van der Waals surface area contributed by atoms with Crippen molar-refractivity contribution in [3.05, 3.63) is 29.3 Å². The Kier molecular flexibility index (Phi) is 4.27. The molecule has 0 aliphatic rings. The molecule has 5 heteroatoms. The molecule has 0 bridgehead atoms. The number of carboxylic acid groups (broad SMARTS) is 1. The number of ether oxygens (including phenoxy) is 1. The van der Waals surface area contributed by atoms with Gasteiger partial charge in [-0.2, -0.15) is 0 Å². The summed E-state index contributed by atoms with van der Waals surface area (Å²) in [5.41, 5.74) is -0.434. The summed E-state index contributed by atoms with van der Waals surface area (Å²) >= 11 is 0. The second kappa shape index (κ2) is 5.33. The molecular weight excluding hydrogens is 242 g/mol. The van der Waals surface area contributed by atoms with Gasteiger partial charge in [0.15, 0.2) is 0 Å². The average molecular weight is 258 g/mol. The van der Waals surface area contributed by atoms with Crippen LogP contribution in [0, 0.1) is 0 Å². The van der Waals surface area contributed by atoms with Gasteiger partial charge in [0.1, 0.15) is 5.75 Å². The topological polar surface area (TPSA) is 46.5 Å². The first-order chi connectivity index (χ1) is 8.27. The van der Waals surface area contributed by atoms with E-state index in [1.165, 1.54) is 25.3 Å². The van der Waals surface area contributed by atoms with Crippen molar-refractivity contribution in [2.75, 3.05) is 7.11 Å². The summed E-state index contributed by atoms with van der Waals surface area (Å²) in [4.78, 5) is 10.8. The number of halogens is 2.